The number of alkyl carbamates (subject to hydrolysis) is 1. The second kappa shape index (κ2) is 8.24. The molecular formula is C18H25N3O6. The molecule has 9 nitrogen and oxygen atoms in total. The molecule has 0 radical (unpaired) electrons. The number of amides is 1. The lowest BCUT2D eigenvalue weighted by Gasteiger charge is -2.34. The largest absolute Gasteiger partial charge is 0.465 e. The molecule has 1 aromatic carbocycles. The number of carbonyl (C=O) groups excluding carboxylic acids is 2. The zero-order valence-electron chi connectivity index (χ0n) is 16.0. The highest BCUT2D eigenvalue weighted by Crippen LogP contribution is 2.31. The van der Waals surface area contributed by atoms with E-state index in [1.165, 1.54) is 19.2 Å². The van der Waals surface area contributed by atoms with E-state index in [1.807, 2.05) is 4.90 Å². The molecule has 1 aliphatic rings. The minimum absolute atomic E-state index is 0.0514. The molecule has 1 aromatic rings. The Kier molecular flexibility index (Phi) is 6.24. The van der Waals surface area contributed by atoms with Gasteiger partial charge in [0.1, 0.15) is 11.3 Å². The topological polar surface area (TPSA) is 111 Å². The van der Waals surface area contributed by atoms with Gasteiger partial charge in [-0.15, -0.1) is 0 Å². The number of rotatable bonds is 4. The van der Waals surface area contributed by atoms with Crippen LogP contribution in [0, 0.1) is 10.1 Å². The molecule has 27 heavy (non-hydrogen) atoms. The van der Waals surface area contributed by atoms with E-state index < -0.39 is 22.6 Å². The van der Waals surface area contributed by atoms with Crippen LogP contribution in [-0.2, 0) is 9.47 Å². The van der Waals surface area contributed by atoms with E-state index in [-0.39, 0.29) is 17.3 Å². The van der Waals surface area contributed by atoms with Gasteiger partial charge in [-0.1, -0.05) is 0 Å². The minimum Gasteiger partial charge on any atom is -0.465 e. The summed E-state index contributed by atoms with van der Waals surface area (Å²) in [5.41, 5.74) is -0.124. The van der Waals surface area contributed by atoms with Gasteiger partial charge in [0.05, 0.1) is 17.6 Å². The number of esters is 1. The van der Waals surface area contributed by atoms with Crippen molar-refractivity contribution in [2.45, 2.75) is 45.3 Å². The number of benzene rings is 1. The highest BCUT2D eigenvalue weighted by atomic mass is 16.6. The molecule has 0 aliphatic carbocycles. The van der Waals surface area contributed by atoms with Crippen molar-refractivity contribution in [3.05, 3.63) is 33.9 Å². The maximum Gasteiger partial charge on any atom is 0.407 e. The van der Waals surface area contributed by atoms with Gasteiger partial charge >= 0.3 is 12.1 Å². The maximum atomic E-state index is 11.9. The lowest BCUT2D eigenvalue weighted by atomic mass is 10.0. The highest BCUT2D eigenvalue weighted by molar-refractivity contribution is 5.91. The average molecular weight is 379 g/mol. The summed E-state index contributed by atoms with van der Waals surface area (Å²) in [5, 5.41) is 14.3. The molecular weight excluding hydrogens is 354 g/mol. The van der Waals surface area contributed by atoms with Crippen molar-refractivity contribution in [2.24, 2.45) is 0 Å². The number of piperidine rings is 1. The molecule has 1 saturated heterocycles. The van der Waals surface area contributed by atoms with E-state index in [9.17, 15) is 19.7 Å². The highest BCUT2D eigenvalue weighted by Gasteiger charge is 2.27. The van der Waals surface area contributed by atoms with Gasteiger partial charge in [-0.05, 0) is 45.7 Å². The number of carbonyl (C=O) groups is 2. The molecule has 0 atom stereocenters. The van der Waals surface area contributed by atoms with Crippen molar-refractivity contribution in [2.75, 3.05) is 25.1 Å². The fourth-order valence-corrected chi connectivity index (χ4v) is 2.92. The number of nitrogens with one attached hydrogen (secondary N) is 1. The van der Waals surface area contributed by atoms with Gasteiger partial charge in [-0.3, -0.25) is 10.1 Å². The quantitative estimate of drug-likeness (QED) is 0.486. The molecule has 1 N–H and O–H groups in total. The Bertz CT molecular complexity index is 720. The molecule has 0 spiro atoms. The van der Waals surface area contributed by atoms with Gasteiger partial charge in [-0.2, -0.15) is 0 Å². The Balaban J connectivity index is 2.04. The first-order chi connectivity index (χ1) is 12.6. The van der Waals surface area contributed by atoms with E-state index >= 15 is 0 Å². The SMILES string of the molecule is COC(=O)c1ccc(N2CCC(NC(=O)OC(C)(C)C)CC2)c([N+](=O)[O-])c1. The number of ether oxygens (including phenoxy) is 2. The fourth-order valence-electron chi connectivity index (χ4n) is 2.92. The number of nitro groups is 1. The van der Waals surface area contributed by atoms with Gasteiger partial charge in [-0.25, -0.2) is 9.59 Å². The van der Waals surface area contributed by atoms with Crippen LogP contribution in [0.4, 0.5) is 16.2 Å². The predicted molar refractivity (Wildman–Crippen MR) is 99.0 cm³/mol. The lowest BCUT2D eigenvalue weighted by molar-refractivity contribution is -0.384. The van der Waals surface area contributed by atoms with Crippen LogP contribution in [0.5, 0.6) is 0 Å². The first-order valence-corrected chi connectivity index (χ1v) is 8.72. The first kappa shape index (κ1) is 20.5. The normalized spacial score (nSPS) is 15.2. The Labute approximate surface area is 157 Å². The van der Waals surface area contributed by atoms with Crippen molar-refractivity contribution < 1.29 is 24.0 Å². The van der Waals surface area contributed by atoms with Crippen molar-refractivity contribution in [3.63, 3.8) is 0 Å². The van der Waals surface area contributed by atoms with Gasteiger partial charge < -0.3 is 19.7 Å². The molecule has 0 aromatic heterocycles. The van der Waals surface area contributed by atoms with Gasteiger partial charge in [0, 0.05) is 25.2 Å². The van der Waals surface area contributed by atoms with Crippen molar-refractivity contribution in [1.82, 2.24) is 5.32 Å². The summed E-state index contributed by atoms with van der Waals surface area (Å²) in [7, 11) is 1.23. The van der Waals surface area contributed by atoms with E-state index in [1.54, 1.807) is 26.8 Å². The van der Waals surface area contributed by atoms with Crippen LogP contribution >= 0.6 is 0 Å². The predicted octanol–water partition coefficient (Wildman–Crippen LogP) is 2.87. The first-order valence-electron chi connectivity index (χ1n) is 8.72. The summed E-state index contributed by atoms with van der Waals surface area (Å²) in [6.07, 6.45) is 0.805. The molecule has 1 amide bonds. The van der Waals surface area contributed by atoms with Crippen LogP contribution < -0.4 is 10.2 Å². The molecule has 1 aliphatic heterocycles. The Hall–Kier alpha value is -2.84. The molecule has 0 bridgehead atoms. The monoisotopic (exact) mass is 379 g/mol. The zero-order valence-corrected chi connectivity index (χ0v) is 16.0. The maximum absolute atomic E-state index is 11.9. The van der Waals surface area contributed by atoms with Gasteiger partial charge in [0.2, 0.25) is 0 Å². The van der Waals surface area contributed by atoms with Crippen LogP contribution in [0.15, 0.2) is 18.2 Å². The standard InChI is InChI=1S/C18H25N3O6/c1-18(2,3)27-17(23)19-13-7-9-20(10-8-13)14-6-5-12(16(22)26-4)11-15(14)21(24)25/h5-6,11,13H,7-10H2,1-4H3,(H,19,23). The van der Waals surface area contributed by atoms with Crippen molar-refractivity contribution >= 4 is 23.4 Å². The second-order valence-electron chi connectivity index (χ2n) is 7.36. The van der Waals surface area contributed by atoms with E-state index in [0.29, 0.717) is 31.6 Å². The Morgan fingerprint density at radius 2 is 1.89 bits per heavy atom. The van der Waals surface area contributed by atoms with Crippen molar-refractivity contribution in [3.8, 4) is 0 Å². The van der Waals surface area contributed by atoms with E-state index in [2.05, 4.69) is 10.1 Å². The zero-order chi connectivity index (χ0) is 20.2. The van der Waals surface area contributed by atoms with E-state index in [4.69, 9.17) is 4.74 Å². The molecule has 0 unspecified atom stereocenters. The lowest BCUT2D eigenvalue weighted by Crippen LogP contribution is -2.46. The molecule has 148 valence electrons. The van der Waals surface area contributed by atoms with Crippen LogP contribution in [-0.4, -0.2) is 48.8 Å². The summed E-state index contributed by atoms with van der Waals surface area (Å²) >= 11 is 0. The number of hydrogen-bond acceptors (Lipinski definition) is 7. The molecule has 1 fully saturated rings. The number of nitro benzene ring substituents is 1. The van der Waals surface area contributed by atoms with Crippen molar-refractivity contribution in [1.29, 1.82) is 0 Å². The van der Waals surface area contributed by atoms with Gasteiger partial charge in [0.15, 0.2) is 0 Å². The fraction of sp³-hybridized carbons (Fsp3) is 0.556. The van der Waals surface area contributed by atoms with Crippen LogP contribution in [0.3, 0.4) is 0 Å². The van der Waals surface area contributed by atoms with Crippen LogP contribution in [0.25, 0.3) is 0 Å². The number of hydrogen-bond donors (Lipinski definition) is 1. The summed E-state index contributed by atoms with van der Waals surface area (Å²) in [6, 6.07) is 4.25. The molecule has 9 heteroatoms. The minimum atomic E-state index is -0.620. The molecule has 1 heterocycles. The molecule has 2 rings (SSSR count). The Morgan fingerprint density at radius 3 is 2.41 bits per heavy atom. The molecule has 0 saturated carbocycles. The number of methoxy groups -OCH3 is 1. The average Bonchev–Trinajstić information content (AvgIpc) is 2.59. The van der Waals surface area contributed by atoms with Crippen LogP contribution in [0.1, 0.15) is 44.0 Å². The Morgan fingerprint density at radius 1 is 1.26 bits per heavy atom. The second-order valence-corrected chi connectivity index (χ2v) is 7.36. The third-order valence-corrected chi connectivity index (χ3v) is 4.15. The summed E-state index contributed by atoms with van der Waals surface area (Å²) in [4.78, 5) is 36.3. The summed E-state index contributed by atoms with van der Waals surface area (Å²) in [5.74, 6) is -0.620. The van der Waals surface area contributed by atoms with E-state index in [0.717, 1.165) is 0 Å². The third kappa shape index (κ3) is 5.57. The third-order valence-electron chi connectivity index (χ3n) is 4.15. The smallest absolute Gasteiger partial charge is 0.407 e. The van der Waals surface area contributed by atoms with Gasteiger partial charge in [0.25, 0.3) is 5.69 Å². The summed E-state index contributed by atoms with van der Waals surface area (Å²) < 4.78 is 9.87. The summed E-state index contributed by atoms with van der Waals surface area (Å²) in [6.45, 7) is 6.47. The number of nitrogens with zero attached hydrogens (tertiary/aromatic N) is 2. The number of anilines is 1. The van der Waals surface area contributed by atoms with Crippen LogP contribution in [0.2, 0.25) is 0 Å².